The summed E-state index contributed by atoms with van der Waals surface area (Å²) in [6.07, 6.45) is 7.61. The number of sulfonamides is 1. The first-order valence-corrected chi connectivity index (χ1v) is 14.3. The van der Waals surface area contributed by atoms with Gasteiger partial charge in [-0.3, -0.25) is 9.71 Å². The molecule has 4 aromatic rings. The minimum atomic E-state index is -4.01. The summed E-state index contributed by atoms with van der Waals surface area (Å²) in [6, 6.07) is 11.3. The van der Waals surface area contributed by atoms with E-state index in [1.165, 1.54) is 18.3 Å². The number of nitrogens with zero attached hydrogens (tertiary/aromatic N) is 3. The van der Waals surface area contributed by atoms with Crippen molar-refractivity contribution < 1.29 is 12.8 Å². The van der Waals surface area contributed by atoms with E-state index in [1.54, 1.807) is 24.4 Å². The number of anilines is 2. The molecule has 8 nitrogen and oxygen atoms in total. The van der Waals surface area contributed by atoms with Crippen molar-refractivity contribution in [2.75, 3.05) is 10.0 Å². The van der Waals surface area contributed by atoms with Gasteiger partial charge in [0.25, 0.3) is 10.0 Å². The molecule has 2 aromatic carbocycles. The molecule has 0 amide bonds. The minimum absolute atomic E-state index is 0.00890. The van der Waals surface area contributed by atoms with Crippen LogP contribution in [0.4, 0.5) is 16.0 Å². The lowest BCUT2D eigenvalue weighted by molar-refractivity contribution is 0.410. The average molecular weight is 555 g/mol. The van der Waals surface area contributed by atoms with Crippen LogP contribution < -0.4 is 15.8 Å². The molecule has 2 aromatic heterocycles. The fraction of sp³-hybridized carbons (Fsp3) is 0.296. The summed E-state index contributed by atoms with van der Waals surface area (Å²) in [4.78, 5) is 13.4. The fourth-order valence-electron chi connectivity index (χ4n) is 4.72. The van der Waals surface area contributed by atoms with Gasteiger partial charge < -0.3 is 11.1 Å². The molecular formula is C27H28ClFN6O2S. The second-order valence-electron chi connectivity index (χ2n) is 9.47. The van der Waals surface area contributed by atoms with Crippen molar-refractivity contribution in [1.29, 1.82) is 0 Å². The van der Waals surface area contributed by atoms with Gasteiger partial charge in [0, 0.05) is 35.3 Å². The molecule has 0 bridgehead atoms. The molecule has 5 rings (SSSR count). The van der Waals surface area contributed by atoms with Gasteiger partial charge >= 0.3 is 0 Å². The van der Waals surface area contributed by atoms with Crippen molar-refractivity contribution in [3.63, 3.8) is 0 Å². The summed E-state index contributed by atoms with van der Waals surface area (Å²) in [5.41, 5.74) is 8.38. The number of nitrogens with one attached hydrogen (secondary N) is 2. The van der Waals surface area contributed by atoms with Gasteiger partial charge in [-0.1, -0.05) is 30.7 Å². The van der Waals surface area contributed by atoms with Crippen LogP contribution in [0.25, 0.3) is 22.2 Å². The first-order valence-electron chi connectivity index (χ1n) is 12.5. The molecule has 0 saturated heterocycles. The molecule has 0 aliphatic heterocycles. The molecule has 2 heterocycles. The summed E-state index contributed by atoms with van der Waals surface area (Å²) < 4.78 is 43.0. The molecule has 1 aliphatic rings. The molecule has 1 aliphatic carbocycles. The molecule has 0 unspecified atom stereocenters. The summed E-state index contributed by atoms with van der Waals surface area (Å²) in [5.74, 6) is -0.0969. The lowest BCUT2D eigenvalue weighted by Crippen LogP contribution is -2.33. The number of hydrogen-bond acceptors (Lipinski definition) is 7. The van der Waals surface area contributed by atoms with E-state index in [9.17, 15) is 8.42 Å². The number of nitrogens with two attached hydrogens (primary N) is 1. The van der Waals surface area contributed by atoms with E-state index in [4.69, 9.17) is 22.3 Å². The molecule has 1 saturated carbocycles. The number of hydrogen-bond donors (Lipinski definition) is 3. The van der Waals surface area contributed by atoms with Gasteiger partial charge in [0.1, 0.15) is 10.6 Å². The Bertz CT molecular complexity index is 1590. The van der Waals surface area contributed by atoms with Gasteiger partial charge in [-0.2, -0.15) is 0 Å². The number of benzene rings is 2. The largest absolute Gasteiger partial charge is 0.351 e. The minimum Gasteiger partial charge on any atom is -0.351 e. The molecule has 0 spiro atoms. The molecule has 198 valence electrons. The summed E-state index contributed by atoms with van der Waals surface area (Å²) in [7, 11) is -4.01. The predicted octanol–water partition coefficient (Wildman–Crippen LogP) is 5.53. The monoisotopic (exact) mass is 554 g/mol. The first kappa shape index (κ1) is 26.3. The van der Waals surface area contributed by atoms with E-state index < -0.39 is 15.8 Å². The van der Waals surface area contributed by atoms with E-state index in [0.717, 1.165) is 48.2 Å². The van der Waals surface area contributed by atoms with Gasteiger partial charge in [-0.15, -0.1) is 0 Å². The third-order valence-corrected chi connectivity index (χ3v) is 8.62. The van der Waals surface area contributed by atoms with Crippen LogP contribution >= 0.6 is 11.6 Å². The quantitative estimate of drug-likeness (QED) is 0.274. The number of pyridine rings is 1. The van der Waals surface area contributed by atoms with Gasteiger partial charge in [0.2, 0.25) is 5.95 Å². The second-order valence-corrected chi connectivity index (χ2v) is 11.5. The van der Waals surface area contributed by atoms with Crippen LogP contribution in [0.15, 0.2) is 59.8 Å². The highest BCUT2D eigenvalue weighted by atomic mass is 35.5. The van der Waals surface area contributed by atoms with Crippen LogP contribution in [-0.2, 0) is 16.4 Å². The maximum atomic E-state index is 15.2. The molecule has 38 heavy (non-hydrogen) atoms. The van der Waals surface area contributed by atoms with E-state index >= 15 is 4.39 Å². The highest BCUT2D eigenvalue weighted by Gasteiger charge is 2.21. The molecule has 11 heteroatoms. The third kappa shape index (κ3) is 5.57. The van der Waals surface area contributed by atoms with E-state index in [2.05, 4.69) is 20.0 Å². The van der Waals surface area contributed by atoms with Gasteiger partial charge in [-0.05, 0) is 61.9 Å². The van der Waals surface area contributed by atoms with Crippen LogP contribution in [0.1, 0.15) is 38.2 Å². The van der Waals surface area contributed by atoms with E-state index in [0.29, 0.717) is 24.0 Å². The van der Waals surface area contributed by atoms with Gasteiger partial charge in [-0.25, -0.2) is 22.8 Å². The van der Waals surface area contributed by atoms with Crippen LogP contribution in [0.5, 0.6) is 0 Å². The zero-order valence-corrected chi connectivity index (χ0v) is 22.4. The van der Waals surface area contributed by atoms with Crippen molar-refractivity contribution in [2.45, 2.75) is 56.0 Å². The topological polar surface area (TPSA) is 123 Å². The molecule has 4 N–H and O–H groups in total. The molecule has 1 fully saturated rings. The van der Waals surface area contributed by atoms with Crippen molar-refractivity contribution in [3.8, 4) is 11.3 Å². The summed E-state index contributed by atoms with van der Waals surface area (Å²) in [5, 5.41) is 4.26. The Morgan fingerprint density at radius 2 is 1.84 bits per heavy atom. The standard InChI is InChI=1S/C27H28ClFN6O2S/c1-2-16-11-17(12-18-14-32-27(34-25(16)18)33-20-9-7-19(30)8-10-20)26-23(29)13-21(15-31-26)35-38(36,37)24-6-4-3-5-22(24)28/h3-6,11-15,19-20,35H,2,7-10,30H2,1H3,(H,32,33,34). The maximum Gasteiger partial charge on any atom is 0.263 e. The Labute approximate surface area is 225 Å². The summed E-state index contributed by atoms with van der Waals surface area (Å²) in [6.45, 7) is 2.01. The normalized spacial score (nSPS) is 17.9. The van der Waals surface area contributed by atoms with Crippen LogP contribution in [0, 0.1) is 5.82 Å². The van der Waals surface area contributed by atoms with E-state index in [-0.39, 0.29) is 27.3 Å². The summed E-state index contributed by atoms with van der Waals surface area (Å²) >= 11 is 6.02. The number of aryl methyl sites for hydroxylation is 1. The fourth-order valence-corrected chi connectivity index (χ4v) is 6.27. The Balaban J connectivity index is 1.41. The Morgan fingerprint density at radius 3 is 2.55 bits per heavy atom. The van der Waals surface area contributed by atoms with Crippen LogP contribution in [0.3, 0.4) is 0 Å². The number of fused-ring (bicyclic) bond motifs is 1. The molecular weight excluding hydrogens is 527 g/mol. The van der Waals surface area contributed by atoms with Crippen molar-refractivity contribution >= 4 is 44.2 Å². The Morgan fingerprint density at radius 1 is 1.08 bits per heavy atom. The number of halogens is 2. The van der Waals surface area contributed by atoms with E-state index in [1.807, 2.05) is 13.0 Å². The smallest absolute Gasteiger partial charge is 0.263 e. The number of aromatic nitrogens is 3. The molecule has 0 atom stereocenters. The van der Waals surface area contributed by atoms with Crippen molar-refractivity contribution in [2.24, 2.45) is 5.73 Å². The lowest BCUT2D eigenvalue weighted by atomic mass is 9.92. The van der Waals surface area contributed by atoms with Gasteiger partial charge in [0.15, 0.2) is 5.82 Å². The van der Waals surface area contributed by atoms with Gasteiger partial charge in [0.05, 0.1) is 22.4 Å². The van der Waals surface area contributed by atoms with Crippen molar-refractivity contribution in [1.82, 2.24) is 15.0 Å². The average Bonchev–Trinajstić information content (AvgIpc) is 2.89. The first-order chi connectivity index (χ1) is 18.2. The zero-order chi connectivity index (χ0) is 26.9. The van der Waals surface area contributed by atoms with Crippen molar-refractivity contribution in [3.05, 3.63) is 71.3 Å². The third-order valence-electron chi connectivity index (χ3n) is 6.74. The Hall–Kier alpha value is -3.34. The van der Waals surface area contributed by atoms with Crippen LogP contribution in [-0.4, -0.2) is 35.5 Å². The Kier molecular flexibility index (Phi) is 7.47. The maximum absolute atomic E-state index is 15.2. The predicted molar refractivity (Wildman–Crippen MR) is 148 cm³/mol. The second kappa shape index (κ2) is 10.8. The highest BCUT2D eigenvalue weighted by molar-refractivity contribution is 7.92. The lowest BCUT2D eigenvalue weighted by Gasteiger charge is -2.26. The SMILES string of the molecule is CCc1cc(-c2ncc(NS(=O)(=O)c3ccccc3Cl)cc2F)cc2cnc(NC3CCC(N)CC3)nc12. The highest BCUT2D eigenvalue weighted by Crippen LogP contribution is 2.30. The van der Waals surface area contributed by atoms with Crippen LogP contribution in [0.2, 0.25) is 5.02 Å². The zero-order valence-electron chi connectivity index (χ0n) is 20.8. The number of rotatable bonds is 7. The molecule has 0 radical (unpaired) electrons.